The largest absolute Gasteiger partial charge is 0.457 e. The molecule has 0 fully saturated rings. The zero-order chi connectivity index (χ0) is 15.8. The van der Waals surface area contributed by atoms with E-state index in [0.29, 0.717) is 0 Å². The molecule has 0 saturated heterocycles. The Morgan fingerprint density at radius 3 is 2.29 bits per heavy atom. The maximum absolute atomic E-state index is 12.0. The van der Waals surface area contributed by atoms with Crippen LogP contribution in [0.25, 0.3) is 0 Å². The first-order valence-electron chi connectivity index (χ1n) is 5.26. The number of rotatable bonds is 3. The third-order valence-corrected chi connectivity index (χ3v) is 4.55. The Kier molecular flexibility index (Phi) is 4.64. The van der Waals surface area contributed by atoms with E-state index in [-0.39, 0.29) is 30.9 Å². The van der Waals surface area contributed by atoms with Crippen molar-refractivity contribution in [2.24, 2.45) is 5.14 Å². The number of carbonyl (C=O) groups excluding carboxylic acids is 1. The van der Waals surface area contributed by atoms with Crippen LogP contribution in [-0.2, 0) is 10.0 Å². The number of hydrogen-bond acceptors (Lipinski definition) is 4. The van der Waals surface area contributed by atoms with E-state index in [1.54, 1.807) is 0 Å². The van der Waals surface area contributed by atoms with Crippen molar-refractivity contribution >= 4 is 60.7 Å². The van der Waals surface area contributed by atoms with Crippen LogP contribution in [0.1, 0.15) is 10.4 Å². The summed E-state index contributed by atoms with van der Waals surface area (Å²) in [6, 6.07) is 3.64. The lowest BCUT2D eigenvalue weighted by molar-refractivity contribution is 0.102. The van der Waals surface area contributed by atoms with Crippen LogP contribution >= 0.6 is 39.1 Å². The van der Waals surface area contributed by atoms with Gasteiger partial charge in [0.25, 0.3) is 5.91 Å². The number of carbonyl (C=O) groups is 1. The van der Waals surface area contributed by atoms with Gasteiger partial charge in [0.1, 0.15) is 0 Å². The van der Waals surface area contributed by atoms with Crippen LogP contribution in [0.4, 0.5) is 5.69 Å². The van der Waals surface area contributed by atoms with Gasteiger partial charge in [0.15, 0.2) is 4.67 Å². The summed E-state index contributed by atoms with van der Waals surface area (Å²) < 4.78 is 27.7. The smallest absolute Gasteiger partial charge is 0.260 e. The number of anilines is 1. The van der Waals surface area contributed by atoms with Crippen LogP contribution in [0, 0.1) is 0 Å². The van der Waals surface area contributed by atoms with Gasteiger partial charge < -0.3 is 9.73 Å². The molecule has 3 N–H and O–H groups in total. The van der Waals surface area contributed by atoms with Crippen LogP contribution in [0.3, 0.4) is 0 Å². The van der Waals surface area contributed by atoms with E-state index in [1.165, 1.54) is 12.3 Å². The Morgan fingerprint density at radius 2 is 1.86 bits per heavy atom. The number of amides is 1. The van der Waals surface area contributed by atoms with Crippen LogP contribution in [0.2, 0.25) is 10.0 Å². The average Bonchev–Trinajstić information content (AvgIpc) is 2.78. The van der Waals surface area contributed by atoms with Crippen molar-refractivity contribution in [2.45, 2.75) is 4.90 Å². The number of primary sulfonamides is 1. The predicted octanol–water partition coefficient (Wildman–Crippen LogP) is 3.25. The fourth-order valence-electron chi connectivity index (χ4n) is 1.47. The average molecular weight is 414 g/mol. The number of halogens is 3. The van der Waals surface area contributed by atoms with Crippen molar-refractivity contribution < 1.29 is 17.6 Å². The van der Waals surface area contributed by atoms with Crippen molar-refractivity contribution in [3.05, 3.63) is 44.7 Å². The van der Waals surface area contributed by atoms with Crippen molar-refractivity contribution in [3.63, 3.8) is 0 Å². The topological polar surface area (TPSA) is 102 Å². The van der Waals surface area contributed by atoms with Gasteiger partial charge in [0.05, 0.1) is 32.5 Å². The van der Waals surface area contributed by atoms with Gasteiger partial charge in [-0.25, -0.2) is 13.6 Å². The second-order valence-electron chi connectivity index (χ2n) is 3.87. The lowest BCUT2D eigenvalue weighted by atomic mass is 10.2. The molecular formula is C11H7BrCl2N2O4S. The Bertz CT molecular complexity index is 796. The van der Waals surface area contributed by atoms with E-state index in [4.69, 9.17) is 32.8 Å². The van der Waals surface area contributed by atoms with Crippen LogP contribution in [-0.4, -0.2) is 14.3 Å². The number of furan rings is 1. The van der Waals surface area contributed by atoms with E-state index in [2.05, 4.69) is 21.2 Å². The highest BCUT2D eigenvalue weighted by Gasteiger charge is 2.19. The quantitative estimate of drug-likeness (QED) is 0.805. The lowest BCUT2D eigenvalue weighted by Crippen LogP contribution is -2.15. The summed E-state index contributed by atoms with van der Waals surface area (Å²) in [6.07, 6.45) is 1.33. The molecule has 1 amide bonds. The molecule has 1 heterocycles. The number of benzene rings is 1. The van der Waals surface area contributed by atoms with Crippen molar-refractivity contribution in [1.29, 1.82) is 0 Å². The summed E-state index contributed by atoms with van der Waals surface area (Å²) >= 11 is 14.9. The van der Waals surface area contributed by atoms with Crippen molar-refractivity contribution in [2.75, 3.05) is 5.32 Å². The number of hydrogen-bond donors (Lipinski definition) is 2. The van der Waals surface area contributed by atoms with Crippen molar-refractivity contribution in [3.8, 4) is 0 Å². The van der Waals surface area contributed by atoms with Gasteiger partial charge in [0, 0.05) is 0 Å². The molecule has 0 saturated carbocycles. The first-order chi connectivity index (χ1) is 9.70. The second kappa shape index (κ2) is 5.98. The Hall–Kier alpha value is -1.06. The fraction of sp³-hybridized carbons (Fsp3) is 0. The fourth-order valence-corrected chi connectivity index (χ4v) is 3.17. The highest BCUT2D eigenvalue weighted by atomic mass is 79.9. The maximum Gasteiger partial charge on any atom is 0.260 e. The normalized spacial score (nSPS) is 11.4. The molecule has 0 spiro atoms. The Labute approximate surface area is 138 Å². The summed E-state index contributed by atoms with van der Waals surface area (Å²) in [7, 11) is -3.95. The SMILES string of the molecule is NS(=O)(=O)c1cc(Cl)c(NC(=O)c2ccoc2Br)c(Cl)c1. The second-order valence-corrected chi connectivity index (χ2v) is 6.97. The van der Waals surface area contributed by atoms with Gasteiger partial charge in [-0.2, -0.15) is 0 Å². The molecular weight excluding hydrogens is 407 g/mol. The molecule has 0 radical (unpaired) electrons. The van der Waals surface area contributed by atoms with Gasteiger partial charge in [-0.3, -0.25) is 4.79 Å². The van der Waals surface area contributed by atoms with Gasteiger partial charge in [-0.1, -0.05) is 23.2 Å². The molecule has 6 nitrogen and oxygen atoms in total. The van der Waals surface area contributed by atoms with Gasteiger partial charge >= 0.3 is 0 Å². The van der Waals surface area contributed by atoms with Crippen LogP contribution < -0.4 is 10.5 Å². The highest BCUT2D eigenvalue weighted by molar-refractivity contribution is 9.10. The minimum absolute atomic E-state index is 0.0560. The third kappa shape index (κ3) is 3.58. The number of sulfonamides is 1. The zero-order valence-corrected chi connectivity index (χ0v) is 14.0. The molecule has 2 aromatic rings. The van der Waals surface area contributed by atoms with Gasteiger partial charge in [0.2, 0.25) is 10.0 Å². The predicted molar refractivity (Wildman–Crippen MR) is 82.2 cm³/mol. The number of nitrogens with one attached hydrogen (secondary N) is 1. The lowest BCUT2D eigenvalue weighted by Gasteiger charge is -2.10. The van der Waals surface area contributed by atoms with E-state index >= 15 is 0 Å². The highest BCUT2D eigenvalue weighted by Crippen LogP contribution is 2.33. The van der Waals surface area contributed by atoms with Crippen LogP contribution in [0.15, 0.2) is 38.4 Å². The molecule has 0 atom stereocenters. The first kappa shape index (κ1) is 16.3. The minimum atomic E-state index is -3.95. The standard InChI is InChI=1S/C11H7BrCl2N2O4S/c12-10-6(1-2-20-10)11(17)16-9-7(13)3-5(4-8(9)14)21(15,18)19/h1-4H,(H,16,17)(H2,15,18,19). The summed E-state index contributed by atoms with van der Waals surface area (Å²) in [4.78, 5) is 11.8. The molecule has 0 bridgehead atoms. The van der Waals surface area contributed by atoms with Crippen molar-refractivity contribution in [1.82, 2.24) is 0 Å². The summed E-state index contributed by atoms with van der Waals surface area (Å²) in [5, 5.41) is 7.35. The van der Waals surface area contributed by atoms with Gasteiger partial charge in [-0.15, -0.1) is 0 Å². The molecule has 2 rings (SSSR count). The molecule has 0 unspecified atom stereocenters. The minimum Gasteiger partial charge on any atom is -0.457 e. The molecule has 112 valence electrons. The molecule has 10 heteroatoms. The van der Waals surface area contributed by atoms with E-state index in [0.717, 1.165) is 12.1 Å². The molecule has 1 aromatic heterocycles. The van der Waals surface area contributed by atoms with Gasteiger partial charge in [-0.05, 0) is 34.1 Å². The summed E-state index contributed by atoms with van der Waals surface area (Å²) in [6.45, 7) is 0. The Morgan fingerprint density at radius 1 is 1.29 bits per heavy atom. The molecule has 21 heavy (non-hydrogen) atoms. The first-order valence-corrected chi connectivity index (χ1v) is 8.36. The third-order valence-electron chi connectivity index (χ3n) is 2.45. The van der Waals surface area contributed by atoms with E-state index in [9.17, 15) is 13.2 Å². The monoisotopic (exact) mass is 412 g/mol. The van der Waals surface area contributed by atoms with Crippen LogP contribution in [0.5, 0.6) is 0 Å². The molecule has 1 aromatic carbocycles. The molecule has 0 aliphatic rings. The molecule has 0 aliphatic carbocycles. The molecule has 0 aliphatic heterocycles. The Balaban J connectivity index is 2.38. The van der Waals surface area contributed by atoms with E-state index < -0.39 is 15.9 Å². The van der Waals surface area contributed by atoms with E-state index in [1.807, 2.05) is 0 Å². The maximum atomic E-state index is 12.0. The number of nitrogens with two attached hydrogens (primary N) is 1. The summed E-state index contributed by atoms with van der Waals surface area (Å²) in [5.74, 6) is -0.525. The summed E-state index contributed by atoms with van der Waals surface area (Å²) in [5.41, 5.74) is 0.307. The zero-order valence-electron chi connectivity index (χ0n) is 10.1.